The van der Waals surface area contributed by atoms with Crippen molar-refractivity contribution >= 4 is 10.9 Å². The Balaban J connectivity index is 1.71. The van der Waals surface area contributed by atoms with Gasteiger partial charge < -0.3 is 24.3 Å². The van der Waals surface area contributed by atoms with E-state index in [0.29, 0.717) is 12.8 Å². The zero-order valence-corrected chi connectivity index (χ0v) is 16.3. The van der Waals surface area contributed by atoms with Crippen molar-refractivity contribution in [3.63, 3.8) is 0 Å². The van der Waals surface area contributed by atoms with E-state index in [4.69, 9.17) is 9.47 Å². The molecular weight excluding hydrogens is 354 g/mol. The highest BCUT2D eigenvalue weighted by Crippen LogP contribution is 2.37. The summed E-state index contributed by atoms with van der Waals surface area (Å²) in [6, 6.07) is 14.5. The zero-order valence-electron chi connectivity index (χ0n) is 16.3. The highest BCUT2D eigenvalue weighted by molar-refractivity contribution is 5.85. The van der Waals surface area contributed by atoms with Gasteiger partial charge in [-0.15, -0.1) is 0 Å². The lowest BCUT2D eigenvalue weighted by Gasteiger charge is -2.32. The van der Waals surface area contributed by atoms with E-state index in [-0.39, 0.29) is 18.8 Å². The van der Waals surface area contributed by atoms with Crippen LogP contribution in [0.3, 0.4) is 0 Å². The third-order valence-electron chi connectivity index (χ3n) is 5.51. The van der Waals surface area contributed by atoms with E-state index in [1.54, 1.807) is 7.11 Å². The van der Waals surface area contributed by atoms with Crippen LogP contribution in [0.25, 0.3) is 10.9 Å². The number of aliphatic hydroxyl groups is 2. The van der Waals surface area contributed by atoms with Crippen LogP contribution in [0.2, 0.25) is 0 Å². The van der Waals surface area contributed by atoms with Crippen molar-refractivity contribution in [2.75, 3.05) is 13.7 Å². The summed E-state index contributed by atoms with van der Waals surface area (Å²) in [5, 5.41) is 20.9. The number of nitrogens with zero attached hydrogens (tertiary/aromatic N) is 1. The van der Waals surface area contributed by atoms with Crippen LogP contribution in [0.4, 0.5) is 0 Å². The molecule has 4 rings (SSSR count). The van der Waals surface area contributed by atoms with Gasteiger partial charge in [0.05, 0.1) is 32.0 Å². The molecule has 1 saturated heterocycles. The summed E-state index contributed by atoms with van der Waals surface area (Å²) in [5.74, 6) is 0.845. The number of hydrogen-bond donors (Lipinski definition) is 2. The van der Waals surface area contributed by atoms with Crippen LogP contribution in [0.15, 0.2) is 48.7 Å². The standard InChI is InChI=1S/C23H27NO4/c1-15-3-8-20-21(23-11-17(26)10-19(14-25)28-23)13-24(22(20)9-15)12-16-4-6-18(27-2)7-5-16/h3-9,13,17,19,23,25-26H,10-12,14H2,1-2H3/t17-,19-,23+/m0/s1. The van der Waals surface area contributed by atoms with Gasteiger partial charge in [0, 0.05) is 42.0 Å². The molecule has 1 aromatic heterocycles. The van der Waals surface area contributed by atoms with Crippen LogP contribution in [0, 0.1) is 6.92 Å². The molecule has 5 heteroatoms. The molecule has 1 aliphatic rings. The molecule has 1 aliphatic heterocycles. The van der Waals surface area contributed by atoms with Gasteiger partial charge in [0.15, 0.2) is 0 Å². The van der Waals surface area contributed by atoms with Gasteiger partial charge in [0.1, 0.15) is 5.75 Å². The predicted molar refractivity (Wildman–Crippen MR) is 109 cm³/mol. The minimum Gasteiger partial charge on any atom is -0.497 e. The quantitative estimate of drug-likeness (QED) is 0.709. The lowest BCUT2D eigenvalue weighted by Crippen LogP contribution is -2.33. The summed E-state index contributed by atoms with van der Waals surface area (Å²) in [6.45, 7) is 2.76. The fraction of sp³-hybridized carbons (Fsp3) is 0.391. The van der Waals surface area contributed by atoms with Crippen molar-refractivity contribution in [1.29, 1.82) is 0 Å². The number of aromatic nitrogens is 1. The van der Waals surface area contributed by atoms with Gasteiger partial charge in [-0.05, 0) is 36.2 Å². The van der Waals surface area contributed by atoms with Gasteiger partial charge >= 0.3 is 0 Å². The van der Waals surface area contributed by atoms with Crippen LogP contribution in [0.5, 0.6) is 5.75 Å². The predicted octanol–water partition coefficient (Wildman–Crippen LogP) is 3.58. The molecule has 0 bridgehead atoms. The van der Waals surface area contributed by atoms with Crippen molar-refractivity contribution < 1.29 is 19.7 Å². The summed E-state index contributed by atoms with van der Waals surface area (Å²) in [4.78, 5) is 0. The normalized spacial score (nSPS) is 22.5. The lowest BCUT2D eigenvalue weighted by atomic mass is 9.96. The molecule has 3 atom stereocenters. The van der Waals surface area contributed by atoms with Crippen LogP contribution in [-0.4, -0.2) is 40.7 Å². The van der Waals surface area contributed by atoms with E-state index in [1.165, 1.54) is 11.1 Å². The van der Waals surface area contributed by atoms with Gasteiger partial charge in [-0.25, -0.2) is 0 Å². The molecule has 5 nitrogen and oxygen atoms in total. The molecule has 28 heavy (non-hydrogen) atoms. The average molecular weight is 381 g/mol. The first-order valence-electron chi connectivity index (χ1n) is 9.74. The molecule has 0 amide bonds. The molecular formula is C23H27NO4. The SMILES string of the molecule is COc1ccc(Cn2cc([C@H]3C[C@@H](O)C[C@@H](CO)O3)c3ccc(C)cc32)cc1. The van der Waals surface area contributed by atoms with Gasteiger partial charge in [0.25, 0.3) is 0 Å². The van der Waals surface area contributed by atoms with Crippen LogP contribution >= 0.6 is 0 Å². The van der Waals surface area contributed by atoms with Crippen molar-refractivity contribution in [2.45, 2.75) is 44.6 Å². The van der Waals surface area contributed by atoms with Crippen molar-refractivity contribution in [1.82, 2.24) is 4.57 Å². The second-order valence-electron chi connectivity index (χ2n) is 7.64. The number of hydrogen-bond acceptors (Lipinski definition) is 4. The number of methoxy groups -OCH3 is 1. The monoisotopic (exact) mass is 381 g/mol. The van der Waals surface area contributed by atoms with Gasteiger partial charge in [-0.3, -0.25) is 0 Å². The third kappa shape index (κ3) is 3.78. The van der Waals surface area contributed by atoms with Gasteiger partial charge in [-0.2, -0.15) is 0 Å². The first-order chi connectivity index (χ1) is 13.6. The van der Waals surface area contributed by atoms with Crippen LogP contribution in [0.1, 0.15) is 35.6 Å². The van der Waals surface area contributed by atoms with E-state index in [1.807, 2.05) is 12.1 Å². The maximum Gasteiger partial charge on any atom is 0.118 e. The van der Waals surface area contributed by atoms with E-state index in [9.17, 15) is 10.2 Å². The lowest BCUT2D eigenvalue weighted by molar-refractivity contribution is -0.113. The van der Waals surface area contributed by atoms with E-state index >= 15 is 0 Å². The number of aliphatic hydroxyl groups excluding tert-OH is 2. The minimum atomic E-state index is -0.457. The first kappa shape index (κ1) is 19.0. The van der Waals surface area contributed by atoms with Crippen molar-refractivity contribution in [3.8, 4) is 5.75 Å². The maximum absolute atomic E-state index is 10.2. The fourth-order valence-electron chi connectivity index (χ4n) is 4.05. The summed E-state index contributed by atoms with van der Waals surface area (Å²) < 4.78 is 13.6. The maximum atomic E-state index is 10.2. The third-order valence-corrected chi connectivity index (χ3v) is 5.51. The summed E-state index contributed by atoms with van der Waals surface area (Å²) in [6.07, 6.45) is 2.16. The minimum absolute atomic E-state index is 0.0723. The Morgan fingerprint density at radius 1 is 1.14 bits per heavy atom. The molecule has 3 aromatic rings. The Hall–Kier alpha value is -2.34. The molecule has 1 fully saturated rings. The molecule has 0 saturated carbocycles. The topological polar surface area (TPSA) is 63.9 Å². The summed E-state index contributed by atoms with van der Waals surface area (Å²) >= 11 is 0. The number of rotatable bonds is 5. The highest BCUT2D eigenvalue weighted by atomic mass is 16.5. The molecule has 148 valence electrons. The Morgan fingerprint density at radius 3 is 2.64 bits per heavy atom. The number of aryl methyl sites for hydroxylation is 1. The van der Waals surface area contributed by atoms with E-state index in [2.05, 4.69) is 48.0 Å². The van der Waals surface area contributed by atoms with Crippen LogP contribution < -0.4 is 4.74 Å². The Bertz CT molecular complexity index is 947. The molecule has 2 aromatic carbocycles. The zero-order chi connectivity index (χ0) is 19.7. The smallest absolute Gasteiger partial charge is 0.118 e. The Labute approximate surface area is 165 Å². The second-order valence-corrected chi connectivity index (χ2v) is 7.64. The molecule has 0 spiro atoms. The molecule has 0 aliphatic carbocycles. The van der Waals surface area contributed by atoms with E-state index < -0.39 is 6.10 Å². The molecule has 0 unspecified atom stereocenters. The van der Waals surface area contributed by atoms with Crippen LogP contribution in [-0.2, 0) is 11.3 Å². The number of benzene rings is 2. The molecule has 2 heterocycles. The van der Waals surface area contributed by atoms with Crippen molar-refractivity contribution in [3.05, 3.63) is 65.4 Å². The van der Waals surface area contributed by atoms with Gasteiger partial charge in [-0.1, -0.05) is 24.3 Å². The van der Waals surface area contributed by atoms with E-state index in [0.717, 1.165) is 28.8 Å². The second kappa shape index (κ2) is 7.95. The Kier molecular flexibility index (Phi) is 5.40. The Morgan fingerprint density at radius 2 is 1.93 bits per heavy atom. The molecule has 0 radical (unpaired) electrons. The largest absolute Gasteiger partial charge is 0.497 e. The van der Waals surface area contributed by atoms with Gasteiger partial charge in [0.2, 0.25) is 0 Å². The summed E-state index contributed by atoms with van der Waals surface area (Å²) in [7, 11) is 1.67. The summed E-state index contributed by atoms with van der Waals surface area (Å²) in [5.41, 5.74) is 4.60. The molecule has 2 N–H and O–H groups in total. The van der Waals surface area contributed by atoms with Crippen molar-refractivity contribution in [2.24, 2.45) is 0 Å². The first-order valence-corrected chi connectivity index (χ1v) is 9.74. The average Bonchev–Trinajstić information content (AvgIpc) is 3.05. The highest BCUT2D eigenvalue weighted by Gasteiger charge is 2.31. The number of ether oxygens (including phenoxy) is 2. The fourth-order valence-corrected chi connectivity index (χ4v) is 4.05. The number of fused-ring (bicyclic) bond motifs is 1.